The summed E-state index contributed by atoms with van der Waals surface area (Å²) in [6, 6.07) is 13.8. The minimum Gasteiger partial charge on any atom is -0.467 e. The minimum absolute atomic E-state index is 0.0183. The average molecular weight is 515 g/mol. The summed E-state index contributed by atoms with van der Waals surface area (Å²) in [5.41, 5.74) is -0.680. The maximum Gasteiger partial charge on any atom is 0.410 e. The average Bonchev–Trinajstić information content (AvgIpc) is 2.87. The maximum absolute atomic E-state index is 14.2. The molecule has 1 aliphatic rings. The Morgan fingerprint density at radius 1 is 1.08 bits per heavy atom. The van der Waals surface area contributed by atoms with Crippen LogP contribution in [-0.4, -0.2) is 60.7 Å². The van der Waals surface area contributed by atoms with Crippen molar-refractivity contribution >= 4 is 29.6 Å². The van der Waals surface area contributed by atoms with Gasteiger partial charge in [-0.05, 0) is 44.0 Å². The summed E-state index contributed by atoms with van der Waals surface area (Å²) in [7, 11) is 1.19. The molecule has 1 saturated heterocycles. The van der Waals surface area contributed by atoms with Crippen molar-refractivity contribution in [1.29, 1.82) is 0 Å². The highest BCUT2D eigenvalue weighted by Crippen LogP contribution is 2.38. The minimum atomic E-state index is -1.60. The van der Waals surface area contributed by atoms with E-state index >= 15 is 0 Å². The number of rotatable bonds is 8. The number of carbonyl (C=O) groups is 4. The number of piperidine rings is 1. The van der Waals surface area contributed by atoms with Crippen molar-refractivity contribution in [2.24, 2.45) is 0 Å². The van der Waals surface area contributed by atoms with Crippen LogP contribution in [0.3, 0.4) is 0 Å². The molecule has 0 saturated carbocycles. The summed E-state index contributed by atoms with van der Waals surface area (Å²) in [5.74, 6) is -2.88. The summed E-state index contributed by atoms with van der Waals surface area (Å²) >= 11 is 0. The standard InChI is InChI=1S/C27H31FN2O7/c1-4-36-24(32)16-23(31)30(22-12-8-11-21(28)15-22)27(25(33)35-3)13-14-29(19(2)17-27)26(34)37-18-20-9-6-5-7-10-20/h5-12,15,19H,4,13-14,16-18H2,1-3H3/t19-,27+/m0/s1. The van der Waals surface area contributed by atoms with Gasteiger partial charge in [-0.2, -0.15) is 0 Å². The van der Waals surface area contributed by atoms with Crippen molar-refractivity contribution in [3.8, 4) is 0 Å². The molecule has 2 atom stereocenters. The normalized spacial score (nSPS) is 19.0. The van der Waals surface area contributed by atoms with Gasteiger partial charge in [0.15, 0.2) is 0 Å². The highest BCUT2D eigenvalue weighted by molar-refractivity contribution is 6.08. The molecule has 0 radical (unpaired) electrons. The predicted octanol–water partition coefficient (Wildman–Crippen LogP) is 3.84. The van der Waals surface area contributed by atoms with Crippen molar-refractivity contribution in [1.82, 2.24) is 4.90 Å². The monoisotopic (exact) mass is 514 g/mol. The molecule has 10 heteroatoms. The number of benzene rings is 2. The van der Waals surface area contributed by atoms with E-state index < -0.39 is 47.8 Å². The van der Waals surface area contributed by atoms with Crippen molar-refractivity contribution in [3.05, 3.63) is 66.0 Å². The van der Waals surface area contributed by atoms with E-state index in [1.807, 2.05) is 30.3 Å². The molecule has 3 rings (SSSR count). The zero-order valence-corrected chi connectivity index (χ0v) is 21.1. The quantitative estimate of drug-likeness (QED) is 0.300. The molecule has 9 nitrogen and oxygen atoms in total. The molecule has 0 N–H and O–H groups in total. The highest BCUT2D eigenvalue weighted by Gasteiger charge is 2.53. The third kappa shape index (κ3) is 6.44. The van der Waals surface area contributed by atoms with Gasteiger partial charge < -0.3 is 19.1 Å². The molecular weight excluding hydrogens is 483 g/mol. The van der Waals surface area contributed by atoms with Gasteiger partial charge in [-0.25, -0.2) is 14.0 Å². The second kappa shape index (κ2) is 12.3. The lowest BCUT2D eigenvalue weighted by Crippen LogP contribution is -2.65. The van der Waals surface area contributed by atoms with Crippen LogP contribution in [0.15, 0.2) is 54.6 Å². The molecule has 0 aliphatic carbocycles. The first kappa shape index (κ1) is 27.6. The molecule has 1 aliphatic heterocycles. The number of nitrogens with zero attached hydrogens (tertiary/aromatic N) is 2. The van der Waals surface area contributed by atoms with Crippen molar-refractivity contribution in [2.45, 2.75) is 51.3 Å². The molecule has 2 aromatic rings. The molecule has 0 spiro atoms. The lowest BCUT2D eigenvalue weighted by Gasteiger charge is -2.48. The van der Waals surface area contributed by atoms with Gasteiger partial charge in [0, 0.05) is 24.7 Å². The molecule has 0 bridgehead atoms. The van der Waals surface area contributed by atoms with Crippen LogP contribution in [0.1, 0.15) is 38.7 Å². The number of amides is 2. The Labute approximate surface area is 215 Å². The number of carbonyl (C=O) groups excluding carboxylic acids is 4. The summed E-state index contributed by atoms with van der Waals surface area (Å²) in [6.07, 6.45) is -1.26. The Morgan fingerprint density at radius 2 is 1.81 bits per heavy atom. The van der Waals surface area contributed by atoms with Crippen LogP contribution < -0.4 is 4.90 Å². The first-order chi connectivity index (χ1) is 17.7. The number of halogens is 1. The number of methoxy groups -OCH3 is 1. The maximum atomic E-state index is 14.2. The summed E-state index contributed by atoms with van der Waals surface area (Å²) in [5, 5.41) is 0. The zero-order chi connectivity index (χ0) is 27.0. The van der Waals surface area contributed by atoms with E-state index in [1.54, 1.807) is 13.8 Å². The number of likely N-dealkylation sites (tertiary alicyclic amines) is 1. The first-order valence-electron chi connectivity index (χ1n) is 12.0. The second-order valence-corrected chi connectivity index (χ2v) is 8.75. The summed E-state index contributed by atoms with van der Waals surface area (Å²) in [4.78, 5) is 54.3. The fraction of sp³-hybridized carbons (Fsp3) is 0.407. The SMILES string of the molecule is CCOC(=O)CC(=O)N(c1cccc(F)c1)[C@]1(C(=O)OC)CCN(C(=O)OCc2ccccc2)[C@@H](C)C1. The van der Waals surface area contributed by atoms with Gasteiger partial charge in [0.1, 0.15) is 24.4 Å². The van der Waals surface area contributed by atoms with Crippen LogP contribution in [-0.2, 0) is 35.2 Å². The van der Waals surface area contributed by atoms with E-state index in [0.29, 0.717) is 0 Å². The molecule has 1 fully saturated rings. The number of esters is 2. The molecule has 0 unspecified atom stereocenters. The topological polar surface area (TPSA) is 102 Å². The van der Waals surface area contributed by atoms with Gasteiger partial charge in [-0.15, -0.1) is 0 Å². The third-order valence-electron chi connectivity index (χ3n) is 6.28. The fourth-order valence-electron chi connectivity index (χ4n) is 4.63. The van der Waals surface area contributed by atoms with Crippen LogP contribution in [0.2, 0.25) is 0 Å². The van der Waals surface area contributed by atoms with E-state index in [0.717, 1.165) is 16.5 Å². The molecule has 37 heavy (non-hydrogen) atoms. The molecule has 0 aromatic heterocycles. The van der Waals surface area contributed by atoms with E-state index in [9.17, 15) is 23.6 Å². The number of ether oxygens (including phenoxy) is 3. The Morgan fingerprint density at radius 3 is 2.43 bits per heavy atom. The largest absolute Gasteiger partial charge is 0.467 e. The Kier molecular flexibility index (Phi) is 9.21. The highest BCUT2D eigenvalue weighted by atomic mass is 19.1. The number of anilines is 1. The molecular formula is C27H31FN2O7. The molecule has 2 aromatic carbocycles. The predicted molar refractivity (Wildman–Crippen MR) is 132 cm³/mol. The van der Waals surface area contributed by atoms with Gasteiger partial charge in [0.25, 0.3) is 0 Å². The Hall–Kier alpha value is -3.95. The summed E-state index contributed by atoms with van der Waals surface area (Å²) < 4.78 is 29.7. The van der Waals surface area contributed by atoms with Crippen LogP contribution in [0.5, 0.6) is 0 Å². The van der Waals surface area contributed by atoms with Gasteiger partial charge in [-0.1, -0.05) is 36.4 Å². The van der Waals surface area contributed by atoms with Crippen LogP contribution in [0.25, 0.3) is 0 Å². The van der Waals surface area contributed by atoms with Gasteiger partial charge in [-0.3, -0.25) is 14.5 Å². The molecule has 1 heterocycles. The number of hydrogen-bond acceptors (Lipinski definition) is 7. The molecule has 2 amide bonds. The van der Waals surface area contributed by atoms with E-state index in [4.69, 9.17) is 14.2 Å². The lowest BCUT2D eigenvalue weighted by molar-refractivity contribution is -0.153. The van der Waals surface area contributed by atoms with Crippen LogP contribution >= 0.6 is 0 Å². The summed E-state index contributed by atoms with van der Waals surface area (Å²) in [6.45, 7) is 3.54. The van der Waals surface area contributed by atoms with E-state index in [-0.39, 0.29) is 38.3 Å². The molecule has 198 valence electrons. The Balaban J connectivity index is 1.90. The van der Waals surface area contributed by atoms with Crippen LogP contribution in [0.4, 0.5) is 14.9 Å². The first-order valence-corrected chi connectivity index (χ1v) is 12.0. The Bertz CT molecular complexity index is 1130. The van der Waals surface area contributed by atoms with Gasteiger partial charge in [0.2, 0.25) is 5.91 Å². The fourth-order valence-corrected chi connectivity index (χ4v) is 4.63. The van der Waals surface area contributed by atoms with Crippen molar-refractivity contribution in [3.63, 3.8) is 0 Å². The van der Waals surface area contributed by atoms with E-state index in [1.165, 1.54) is 30.2 Å². The van der Waals surface area contributed by atoms with Crippen molar-refractivity contribution in [2.75, 3.05) is 25.2 Å². The smallest absolute Gasteiger partial charge is 0.410 e. The van der Waals surface area contributed by atoms with Crippen LogP contribution in [0, 0.1) is 5.82 Å². The lowest BCUT2D eigenvalue weighted by atomic mass is 9.81. The second-order valence-electron chi connectivity index (χ2n) is 8.75. The zero-order valence-electron chi connectivity index (χ0n) is 21.1. The van der Waals surface area contributed by atoms with Gasteiger partial charge in [0.05, 0.1) is 13.7 Å². The third-order valence-corrected chi connectivity index (χ3v) is 6.28. The number of hydrogen-bond donors (Lipinski definition) is 0. The van der Waals surface area contributed by atoms with E-state index in [2.05, 4.69) is 0 Å². The van der Waals surface area contributed by atoms with Gasteiger partial charge >= 0.3 is 18.0 Å². The van der Waals surface area contributed by atoms with Crippen molar-refractivity contribution < 1.29 is 37.8 Å².